The van der Waals surface area contributed by atoms with Gasteiger partial charge in [0.2, 0.25) is 5.78 Å². The highest BCUT2D eigenvalue weighted by atomic mass is 16.5. The standard InChI is InChI=1S/C23H25NO5/c1-16-13-21(17(2)24(16)14-20-5-4-12-28-20)22(25)15-29-23(26)11-8-18-6-9-19(27-3)10-7-18/h4-7,9-10,12-13H,8,11,14-15H2,1-3H3. The zero-order valence-corrected chi connectivity index (χ0v) is 16.9. The Balaban J connectivity index is 1.52. The van der Waals surface area contributed by atoms with Gasteiger partial charge in [0.25, 0.3) is 0 Å². The fourth-order valence-corrected chi connectivity index (χ4v) is 3.22. The number of Topliss-reactive ketones (excluding diaryl/α,β-unsaturated/α-hetero) is 1. The van der Waals surface area contributed by atoms with Gasteiger partial charge in [0.15, 0.2) is 6.61 Å². The summed E-state index contributed by atoms with van der Waals surface area (Å²) in [6.45, 7) is 4.12. The van der Waals surface area contributed by atoms with Crippen LogP contribution >= 0.6 is 0 Å². The van der Waals surface area contributed by atoms with Gasteiger partial charge in [-0.1, -0.05) is 12.1 Å². The Kier molecular flexibility index (Phi) is 6.54. The molecule has 1 aromatic carbocycles. The predicted molar refractivity (Wildman–Crippen MR) is 108 cm³/mol. The van der Waals surface area contributed by atoms with Gasteiger partial charge in [-0.3, -0.25) is 9.59 Å². The molecular formula is C23H25NO5. The Bertz CT molecular complexity index is 968. The highest BCUT2D eigenvalue weighted by Gasteiger charge is 2.18. The molecule has 0 saturated heterocycles. The molecule has 6 heteroatoms. The lowest BCUT2D eigenvalue weighted by atomic mass is 10.1. The van der Waals surface area contributed by atoms with Gasteiger partial charge >= 0.3 is 5.97 Å². The van der Waals surface area contributed by atoms with Crippen molar-refractivity contribution in [2.24, 2.45) is 0 Å². The molecule has 0 aliphatic heterocycles. The van der Waals surface area contributed by atoms with E-state index in [1.54, 1.807) is 13.4 Å². The number of furan rings is 1. The average Bonchev–Trinajstić information content (AvgIpc) is 3.34. The Labute approximate surface area is 170 Å². The lowest BCUT2D eigenvalue weighted by Crippen LogP contribution is -2.15. The van der Waals surface area contributed by atoms with E-state index in [4.69, 9.17) is 13.9 Å². The molecule has 0 bridgehead atoms. The van der Waals surface area contributed by atoms with Crippen LogP contribution in [0.4, 0.5) is 0 Å². The first-order valence-electron chi connectivity index (χ1n) is 9.48. The van der Waals surface area contributed by atoms with Crippen molar-refractivity contribution < 1.29 is 23.5 Å². The molecule has 0 atom stereocenters. The Morgan fingerprint density at radius 1 is 1.10 bits per heavy atom. The van der Waals surface area contributed by atoms with Gasteiger partial charge in [0.05, 0.1) is 19.9 Å². The lowest BCUT2D eigenvalue weighted by molar-refractivity contribution is -0.142. The van der Waals surface area contributed by atoms with Crippen LogP contribution in [0.3, 0.4) is 0 Å². The van der Waals surface area contributed by atoms with Crippen molar-refractivity contribution in [1.82, 2.24) is 4.57 Å². The normalized spacial score (nSPS) is 10.7. The van der Waals surface area contributed by atoms with E-state index in [1.807, 2.05) is 60.9 Å². The summed E-state index contributed by atoms with van der Waals surface area (Å²) in [6.07, 6.45) is 2.40. The van der Waals surface area contributed by atoms with Gasteiger partial charge in [-0.25, -0.2) is 0 Å². The number of hydrogen-bond donors (Lipinski definition) is 0. The van der Waals surface area contributed by atoms with Crippen LogP contribution in [0.5, 0.6) is 5.75 Å². The first-order chi connectivity index (χ1) is 14.0. The maximum Gasteiger partial charge on any atom is 0.306 e. The number of carbonyl (C=O) groups is 2. The van der Waals surface area contributed by atoms with E-state index in [1.165, 1.54) is 0 Å². The summed E-state index contributed by atoms with van der Waals surface area (Å²) in [7, 11) is 1.61. The third-order valence-electron chi connectivity index (χ3n) is 4.91. The van der Waals surface area contributed by atoms with Crippen molar-refractivity contribution in [2.75, 3.05) is 13.7 Å². The SMILES string of the molecule is COc1ccc(CCC(=O)OCC(=O)c2cc(C)n(Cc3ccco3)c2C)cc1. The summed E-state index contributed by atoms with van der Waals surface area (Å²) in [5.41, 5.74) is 3.36. The summed E-state index contributed by atoms with van der Waals surface area (Å²) in [5, 5.41) is 0. The summed E-state index contributed by atoms with van der Waals surface area (Å²) >= 11 is 0. The maximum atomic E-state index is 12.6. The van der Waals surface area contributed by atoms with E-state index in [9.17, 15) is 9.59 Å². The molecule has 0 radical (unpaired) electrons. The molecule has 0 N–H and O–H groups in total. The van der Waals surface area contributed by atoms with Gasteiger partial charge < -0.3 is 18.5 Å². The van der Waals surface area contributed by atoms with E-state index in [2.05, 4.69) is 0 Å². The smallest absolute Gasteiger partial charge is 0.306 e. The number of ether oxygens (including phenoxy) is 2. The molecule has 0 amide bonds. The van der Waals surface area contributed by atoms with Gasteiger partial charge in [-0.15, -0.1) is 0 Å². The third kappa shape index (κ3) is 5.16. The van der Waals surface area contributed by atoms with Crippen molar-refractivity contribution in [3.8, 4) is 5.75 Å². The molecule has 0 aliphatic carbocycles. The van der Waals surface area contributed by atoms with Crippen molar-refractivity contribution in [3.63, 3.8) is 0 Å². The van der Waals surface area contributed by atoms with Crippen molar-refractivity contribution in [3.05, 3.63) is 77.0 Å². The first-order valence-corrected chi connectivity index (χ1v) is 9.48. The predicted octanol–water partition coefficient (Wildman–Crippen LogP) is 4.11. The molecular weight excluding hydrogens is 370 g/mol. The number of aromatic nitrogens is 1. The second kappa shape index (κ2) is 9.28. The fourth-order valence-electron chi connectivity index (χ4n) is 3.22. The van der Waals surface area contributed by atoms with E-state index in [0.29, 0.717) is 18.5 Å². The third-order valence-corrected chi connectivity index (χ3v) is 4.91. The van der Waals surface area contributed by atoms with Crippen LogP contribution in [0, 0.1) is 13.8 Å². The maximum absolute atomic E-state index is 12.6. The molecule has 0 saturated carbocycles. The fraction of sp³-hybridized carbons (Fsp3) is 0.304. The first kappa shape index (κ1) is 20.5. The highest BCUT2D eigenvalue weighted by molar-refractivity contribution is 5.99. The summed E-state index contributed by atoms with van der Waals surface area (Å²) in [6, 6.07) is 13.1. The number of ketones is 1. The second-order valence-corrected chi connectivity index (χ2v) is 6.88. The largest absolute Gasteiger partial charge is 0.497 e. The van der Waals surface area contributed by atoms with E-state index in [0.717, 1.165) is 28.5 Å². The molecule has 6 nitrogen and oxygen atoms in total. The van der Waals surface area contributed by atoms with Crippen LogP contribution in [0.1, 0.15) is 39.5 Å². The zero-order valence-electron chi connectivity index (χ0n) is 16.9. The minimum atomic E-state index is -0.390. The van der Waals surface area contributed by atoms with Crippen LogP contribution < -0.4 is 4.74 Å². The number of rotatable bonds is 9. The molecule has 0 spiro atoms. The number of methoxy groups -OCH3 is 1. The van der Waals surface area contributed by atoms with Gasteiger partial charge in [0.1, 0.15) is 11.5 Å². The second-order valence-electron chi connectivity index (χ2n) is 6.88. The molecule has 0 fully saturated rings. The summed E-state index contributed by atoms with van der Waals surface area (Å²) in [5.74, 6) is 0.988. The van der Waals surface area contributed by atoms with Gasteiger partial charge in [0, 0.05) is 23.4 Å². The van der Waals surface area contributed by atoms with Crippen molar-refractivity contribution in [1.29, 1.82) is 0 Å². The average molecular weight is 395 g/mol. The molecule has 3 rings (SSSR count). The quantitative estimate of drug-likeness (QED) is 0.403. The molecule has 2 aromatic heterocycles. The minimum Gasteiger partial charge on any atom is -0.497 e. The van der Waals surface area contributed by atoms with E-state index >= 15 is 0 Å². The number of hydrogen-bond acceptors (Lipinski definition) is 5. The van der Waals surface area contributed by atoms with Crippen molar-refractivity contribution in [2.45, 2.75) is 33.2 Å². The van der Waals surface area contributed by atoms with Gasteiger partial charge in [-0.05, 0) is 56.2 Å². The Morgan fingerprint density at radius 2 is 1.86 bits per heavy atom. The van der Waals surface area contributed by atoms with E-state index in [-0.39, 0.29) is 18.8 Å². The number of esters is 1. The number of nitrogens with zero attached hydrogens (tertiary/aromatic N) is 1. The molecule has 29 heavy (non-hydrogen) atoms. The van der Waals surface area contributed by atoms with Crippen LogP contribution in [0.15, 0.2) is 53.1 Å². The monoisotopic (exact) mass is 395 g/mol. The van der Waals surface area contributed by atoms with Crippen molar-refractivity contribution >= 4 is 11.8 Å². The lowest BCUT2D eigenvalue weighted by Gasteiger charge is -2.08. The zero-order chi connectivity index (χ0) is 20.8. The Morgan fingerprint density at radius 3 is 2.52 bits per heavy atom. The minimum absolute atomic E-state index is 0.207. The molecule has 0 unspecified atom stereocenters. The molecule has 0 aliphatic rings. The molecule has 2 heterocycles. The Hall–Kier alpha value is -3.28. The topological polar surface area (TPSA) is 70.7 Å². The summed E-state index contributed by atoms with van der Waals surface area (Å²) in [4.78, 5) is 24.6. The number of aryl methyl sites for hydroxylation is 2. The van der Waals surface area contributed by atoms with Gasteiger partial charge in [-0.2, -0.15) is 0 Å². The van der Waals surface area contributed by atoms with Crippen LogP contribution in [-0.4, -0.2) is 30.0 Å². The van der Waals surface area contributed by atoms with Crippen LogP contribution in [-0.2, 0) is 22.5 Å². The van der Waals surface area contributed by atoms with Crippen LogP contribution in [0.25, 0.3) is 0 Å². The molecule has 152 valence electrons. The van der Waals surface area contributed by atoms with Crippen LogP contribution in [0.2, 0.25) is 0 Å². The number of benzene rings is 1. The highest BCUT2D eigenvalue weighted by Crippen LogP contribution is 2.18. The molecule has 3 aromatic rings. The van der Waals surface area contributed by atoms with E-state index < -0.39 is 5.97 Å². The summed E-state index contributed by atoms with van der Waals surface area (Å²) < 4.78 is 17.7. The number of carbonyl (C=O) groups excluding carboxylic acids is 2.